The zero-order chi connectivity index (χ0) is 18.2. The number of halogens is 4. The molecule has 25 heavy (non-hydrogen) atoms. The summed E-state index contributed by atoms with van der Waals surface area (Å²) < 4.78 is 54.7. The van der Waals surface area contributed by atoms with Crippen molar-refractivity contribution < 1.29 is 17.6 Å². The van der Waals surface area contributed by atoms with E-state index in [1.807, 2.05) is 26.0 Å². The SMILES string of the molecule is Cc1cc(C)n(CC2CC2)/c(=N/Cc2cccc(C(F)(F)F)c2F)c1. The maximum absolute atomic E-state index is 14.2. The van der Waals surface area contributed by atoms with E-state index in [1.165, 1.54) is 25.0 Å². The molecule has 1 fully saturated rings. The lowest BCUT2D eigenvalue weighted by atomic mass is 10.1. The lowest BCUT2D eigenvalue weighted by Gasteiger charge is -2.13. The molecule has 1 heterocycles. The van der Waals surface area contributed by atoms with Crippen molar-refractivity contribution in [2.75, 3.05) is 0 Å². The highest BCUT2D eigenvalue weighted by atomic mass is 19.4. The highest BCUT2D eigenvalue weighted by molar-refractivity contribution is 5.28. The Bertz CT molecular complexity index is 845. The summed E-state index contributed by atoms with van der Waals surface area (Å²) in [4.78, 5) is 4.42. The summed E-state index contributed by atoms with van der Waals surface area (Å²) in [5, 5.41) is 0. The van der Waals surface area contributed by atoms with Crippen molar-refractivity contribution in [3.05, 3.63) is 64.0 Å². The largest absolute Gasteiger partial charge is 0.419 e. The average molecular weight is 352 g/mol. The number of nitrogens with zero attached hydrogens (tertiary/aromatic N) is 2. The van der Waals surface area contributed by atoms with Crippen LogP contribution < -0.4 is 5.49 Å². The van der Waals surface area contributed by atoms with Crippen molar-refractivity contribution >= 4 is 0 Å². The fourth-order valence-corrected chi connectivity index (χ4v) is 2.93. The van der Waals surface area contributed by atoms with Crippen molar-refractivity contribution in [1.82, 2.24) is 4.57 Å². The van der Waals surface area contributed by atoms with E-state index in [-0.39, 0.29) is 12.1 Å². The Morgan fingerprint density at radius 1 is 1.16 bits per heavy atom. The molecule has 1 aliphatic carbocycles. The fraction of sp³-hybridized carbons (Fsp3) is 0.421. The molecule has 1 aromatic heterocycles. The summed E-state index contributed by atoms with van der Waals surface area (Å²) >= 11 is 0. The molecular weight excluding hydrogens is 332 g/mol. The Hall–Kier alpha value is -2.11. The quantitative estimate of drug-likeness (QED) is 0.705. The number of aromatic nitrogens is 1. The van der Waals surface area contributed by atoms with Gasteiger partial charge in [0, 0.05) is 17.8 Å². The number of benzene rings is 1. The van der Waals surface area contributed by atoms with Crippen LogP contribution in [0.15, 0.2) is 35.3 Å². The van der Waals surface area contributed by atoms with Gasteiger partial charge in [0.05, 0.1) is 12.1 Å². The summed E-state index contributed by atoms with van der Waals surface area (Å²) in [6, 6.07) is 7.26. The summed E-state index contributed by atoms with van der Waals surface area (Å²) in [7, 11) is 0. The van der Waals surface area contributed by atoms with Gasteiger partial charge in [0.1, 0.15) is 11.3 Å². The Morgan fingerprint density at radius 3 is 2.52 bits per heavy atom. The first kappa shape index (κ1) is 17.7. The predicted octanol–water partition coefficient (Wildman–Crippen LogP) is 4.77. The van der Waals surface area contributed by atoms with Crippen LogP contribution in [0.1, 0.15) is 35.2 Å². The van der Waals surface area contributed by atoms with E-state index < -0.39 is 17.6 Å². The monoisotopic (exact) mass is 352 g/mol. The number of alkyl halides is 3. The Kier molecular flexibility index (Phi) is 4.71. The molecule has 1 saturated carbocycles. The second-order valence-electron chi connectivity index (χ2n) is 6.68. The van der Waals surface area contributed by atoms with E-state index >= 15 is 0 Å². The first-order valence-electron chi connectivity index (χ1n) is 8.29. The highest BCUT2D eigenvalue weighted by Crippen LogP contribution is 2.32. The smallest absolute Gasteiger partial charge is 0.330 e. The van der Waals surface area contributed by atoms with Crippen molar-refractivity contribution in [1.29, 1.82) is 0 Å². The van der Waals surface area contributed by atoms with E-state index in [2.05, 4.69) is 9.56 Å². The minimum atomic E-state index is -4.70. The van der Waals surface area contributed by atoms with Crippen molar-refractivity contribution in [2.45, 2.75) is 46.0 Å². The molecule has 1 aliphatic rings. The Labute approximate surface area is 143 Å². The zero-order valence-electron chi connectivity index (χ0n) is 14.2. The van der Waals surface area contributed by atoms with Gasteiger partial charge >= 0.3 is 6.18 Å². The number of hydrogen-bond donors (Lipinski definition) is 0. The fourth-order valence-electron chi connectivity index (χ4n) is 2.93. The minimum absolute atomic E-state index is 0.0491. The summed E-state index contributed by atoms with van der Waals surface area (Å²) in [6.45, 7) is 4.65. The summed E-state index contributed by atoms with van der Waals surface area (Å²) in [5.74, 6) is -0.609. The third-order valence-corrected chi connectivity index (χ3v) is 4.43. The molecule has 134 valence electrons. The first-order valence-corrected chi connectivity index (χ1v) is 8.29. The van der Waals surface area contributed by atoms with Crippen LogP contribution in [0.25, 0.3) is 0 Å². The van der Waals surface area contributed by atoms with E-state index in [0.29, 0.717) is 11.4 Å². The number of hydrogen-bond acceptors (Lipinski definition) is 1. The van der Waals surface area contributed by atoms with Crippen LogP contribution in [0.5, 0.6) is 0 Å². The van der Waals surface area contributed by atoms with Gasteiger partial charge in [-0.05, 0) is 56.4 Å². The molecule has 0 atom stereocenters. The molecule has 1 aromatic carbocycles. The van der Waals surface area contributed by atoms with Gasteiger partial charge in [-0.3, -0.25) is 4.99 Å². The van der Waals surface area contributed by atoms with E-state index in [9.17, 15) is 17.6 Å². The molecule has 0 N–H and O–H groups in total. The van der Waals surface area contributed by atoms with Crippen LogP contribution in [0.3, 0.4) is 0 Å². The second-order valence-corrected chi connectivity index (χ2v) is 6.68. The van der Waals surface area contributed by atoms with Gasteiger partial charge in [-0.15, -0.1) is 0 Å². The molecule has 0 bridgehead atoms. The van der Waals surface area contributed by atoms with Crippen LogP contribution in [-0.4, -0.2) is 4.57 Å². The molecule has 0 radical (unpaired) electrons. The standard InChI is InChI=1S/C19H20F4N2/c1-12-8-13(2)25(11-14-6-7-14)17(9-12)24-10-15-4-3-5-16(18(15)20)19(21,22)23/h3-5,8-9,14H,6-7,10-11H2,1-2H3/b24-17+. The summed E-state index contributed by atoms with van der Waals surface area (Å²) in [5.41, 5.74) is 1.46. The minimum Gasteiger partial charge on any atom is -0.330 e. The van der Waals surface area contributed by atoms with Gasteiger partial charge in [-0.1, -0.05) is 12.1 Å². The maximum Gasteiger partial charge on any atom is 0.419 e. The molecule has 3 rings (SSSR count). The zero-order valence-corrected chi connectivity index (χ0v) is 14.2. The molecule has 6 heteroatoms. The van der Waals surface area contributed by atoms with E-state index in [4.69, 9.17) is 0 Å². The molecule has 2 aromatic rings. The van der Waals surface area contributed by atoms with E-state index in [1.54, 1.807) is 0 Å². The lowest BCUT2D eigenvalue weighted by molar-refractivity contribution is -0.140. The lowest BCUT2D eigenvalue weighted by Crippen LogP contribution is -2.24. The molecule has 0 unspecified atom stereocenters. The molecule has 2 nitrogen and oxygen atoms in total. The van der Waals surface area contributed by atoms with Crippen LogP contribution in [0, 0.1) is 25.6 Å². The third-order valence-electron chi connectivity index (χ3n) is 4.43. The van der Waals surface area contributed by atoms with Crippen molar-refractivity contribution in [3.8, 4) is 0 Å². The third kappa shape index (κ3) is 4.11. The molecule has 0 spiro atoms. The molecule has 0 saturated heterocycles. The average Bonchev–Trinajstić information content (AvgIpc) is 3.32. The van der Waals surface area contributed by atoms with Crippen LogP contribution in [-0.2, 0) is 19.3 Å². The number of pyridine rings is 1. The van der Waals surface area contributed by atoms with Crippen LogP contribution in [0.4, 0.5) is 17.6 Å². The Morgan fingerprint density at radius 2 is 1.88 bits per heavy atom. The number of rotatable bonds is 4. The van der Waals surface area contributed by atoms with Crippen LogP contribution >= 0.6 is 0 Å². The highest BCUT2D eigenvalue weighted by Gasteiger charge is 2.34. The molecule has 0 aliphatic heterocycles. The van der Waals surface area contributed by atoms with Gasteiger partial charge in [0.2, 0.25) is 0 Å². The van der Waals surface area contributed by atoms with Gasteiger partial charge in [-0.25, -0.2) is 4.39 Å². The number of aryl methyl sites for hydroxylation is 2. The van der Waals surface area contributed by atoms with E-state index in [0.717, 1.165) is 23.9 Å². The first-order chi connectivity index (χ1) is 11.8. The summed E-state index contributed by atoms with van der Waals surface area (Å²) in [6.07, 6.45) is -2.34. The van der Waals surface area contributed by atoms with Crippen molar-refractivity contribution in [3.63, 3.8) is 0 Å². The van der Waals surface area contributed by atoms with Crippen LogP contribution in [0.2, 0.25) is 0 Å². The molecule has 0 amide bonds. The van der Waals surface area contributed by atoms with Crippen molar-refractivity contribution in [2.24, 2.45) is 10.9 Å². The predicted molar refractivity (Wildman–Crippen MR) is 87.3 cm³/mol. The van der Waals surface area contributed by atoms with Gasteiger partial charge in [-0.2, -0.15) is 13.2 Å². The molecular formula is C19H20F4N2. The normalized spacial score (nSPS) is 15.7. The maximum atomic E-state index is 14.2. The topological polar surface area (TPSA) is 17.3 Å². The Balaban J connectivity index is 1.97. The second kappa shape index (κ2) is 6.65. The van der Waals surface area contributed by atoms with Gasteiger partial charge in [0.25, 0.3) is 0 Å². The van der Waals surface area contributed by atoms with Gasteiger partial charge in [0.15, 0.2) is 0 Å². The van der Waals surface area contributed by atoms with Gasteiger partial charge < -0.3 is 4.57 Å².